The maximum atomic E-state index is 13.4. The van der Waals surface area contributed by atoms with E-state index in [-0.39, 0.29) is 25.6 Å². The molecule has 23 nitrogen and oxygen atoms in total. The molecule has 0 radical (unpaired) electrons. The van der Waals surface area contributed by atoms with Gasteiger partial charge in [0.1, 0.15) is 5.60 Å². The summed E-state index contributed by atoms with van der Waals surface area (Å²) in [5.74, 6) is 7.72. The van der Waals surface area contributed by atoms with Crippen LogP contribution >= 0.6 is 46.4 Å². The molecular weight excluding hydrogens is 1560 g/mol. The van der Waals surface area contributed by atoms with Crippen molar-refractivity contribution in [2.75, 3.05) is 5.43 Å². The van der Waals surface area contributed by atoms with Crippen LogP contribution in [0.5, 0.6) is 0 Å². The Kier molecular flexibility index (Phi) is 35.2. The molecule has 0 aliphatic carbocycles. The quantitative estimate of drug-likeness (QED) is 0.00988. The molecule has 110 heavy (non-hydrogen) atoms. The molecule has 4 amide bonds. The number of anilines is 1. The number of nitrogens with one attached hydrogen (secondary N) is 6. The largest absolute Gasteiger partial charge is 0.443 e. The predicted molar refractivity (Wildman–Crippen MR) is 383 cm³/mol. The lowest BCUT2D eigenvalue weighted by atomic mass is 10.2. The van der Waals surface area contributed by atoms with Crippen LogP contribution in [0.15, 0.2) is 207 Å². The van der Waals surface area contributed by atoms with E-state index in [9.17, 15) is 76.7 Å². The SMILES string of the molecule is CC(C)(C)OC(=O)N(N)Cc1ccccc1.NNCc1ccccc1.O=C(Cl)c1cnc(Cl)nc1C(F)(F)F.O=C(NCc1ccccc1)c1cnc(Cl)nc1C(F)(F)F.O=C(NCc1ccccc1)c1cnc(Cl)nc1C(F)(F)F.O=C(NCc1ccccc1)c1cnc(NNCc2ccccc2)nc1C(F)(F)F. The van der Waals surface area contributed by atoms with Crippen LogP contribution in [0.25, 0.3) is 0 Å². The van der Waals surface area contributed by atoms with E-state index in [0.717, 1.165) is 58.0 Å². The van der Waals surface area contributed by atoms with E-state index in [4.69, 9.17) is 62.8 Å². The lowest BCUT2D eigenvalue weighted by molar-refractivity contribution is -0.142. The maximum absolute atomic E-state index is 13.4. The van der Waals surface area contributed by atoms with Crippen LogP contribution in [0, 0.1) is 0 Å². The van der Waals surface area contributed by atoms with Crippen molar-refractivity contribution in [3.8, 4) is 0 Å². The van der Waals surface area contributed by atoms with E-state index in [2.05, 4.69) is 72.1 Å². The van der Waals surface area contributed by atoms with Gasteiger partial charge in [-0.1, -0.05) is 182 Å². The first-order chi connectivity index (χ1) is 51.8. The second-order valence-electron chi connectivity index (χ2n) is 22.9. The van der Waals surface area contributed by atoms with Crippen LogP contribution in [0.2, 0.25) is 15.9 Å². The van der Waals surface area contributed by atoms with Crippen LogP contribution in [-0.2, 0) is 68.7 Å². The number of ether oxygens (including phenoxy) is 1. The van der Waals surface area contributed by atoms with Crippen LogP contribution in [-0.4, -0.2) is 79.5 Å². The fourth-order valence-electron chi connectivity index (χ4n) is 8.35. The highest BCUT2D eigenvalue weighted by molar-refractivity contribution is 6.67. The number of nitrogens with zero attached hydrogens (tertiary/aromatic N) is 9. The van der Waals surface area contributed by atoms with Gasteiger partial charge in [0.2, 0.25) is 21.8 Å². The van der Waals surface area contributed by atoms with E-state index < -0.39 is 120 Å². The number of halogens is 16. The Morgan fingerprint density at radius 1 is 0.400 bits per heavy atom. The van der Waals surface area contributed by atoms with Gasteiger partial charge >= 0.3 is 30.8 Å². The molecular formula is C71H65Cl4F12N17O6. The summed E-state index contributed by atoms with van der Waals surface area (Å²) in [5.41, 5.74) is 4.49. The van der Waals surface area contributed by atoms with Crippen molar-refractivity contribution in [1.82, 2.24) is 71.7 Å². The number of aromatic nitrogens is 8. The summed E-state index contributed by atoms with van der Waals surface area (Å²) >= 11 is 20.7. The summed E-state index contributed by atoms with van der Waals surface area (Å²) in [6.45, 7) is 7.14. The molecule has 0 aliphatic heterocycles. The smallest absolute Gasteiger partial charge is 0.434 e. The van der Waals surface area contributed by atoms with Crippen LogP contribution in [0.3, 0.4) is 0 Å². The zero-order valence-corrected chi connectivity index (χ0v) is 60.6. The van der Waals surface area contributed by atoms with Gasteiger partial charge in [0, 0.05) is 57.5 Å². The Hall–Kier alpha value is -11.1. The van der Waals surface area contributed by atoms with Crippen LogP contribution < -0.4 is 43.9 Å². The van der Waals surface area contributed by atoms with Gasteiger partial charge in [-0.25, -0.2) is 60.9 Å². The molecule has 4 heterocycles. The minimum atomic E-state index is -4.81. The fraction of sp³-hybridized carbons (Fsp3) is 0.197. The summed E-state index contributed by atoms with van der Waals surface area (Å²) in [7, 11) is 0. The molecule has 0 saturated carbocycles. The highest BCUT2D eigenvalue weighted by Gasteiger charge is 2.41. The first-order valence-corrected chi connectivity index (χ1v) is 33.0. The second kappa shape index (κ2) is 43.2. The number of rotatable bonds is 18. The minimum absolute atomic E-state index is 0.0929. The summed E-state index contributed by atoms with van der Waals surface area (Å²) in [6.07, 6.45) is -16.7. The average molecular weight is 1620 g/mol. The van der Waals surface area contributed by atoms with Crippen LogP contribution in [0.4, 0.5) is 63.4 Å². The molecule has 39 heteroatoms. The van der Waals surface area contributed by atoms with Crippen molar-refractivity contribution in [2.24, 2.45) is 11.7 Å². The van der Waals surface area contributed by atoms with Gasteiger partial charge in [0.05, 0.1) is 28.8 Å². The third-order valence-electron chi connectivity index (χ3n) is 13.3. The molecule has 4 aromatic heterocycles. The standard InChI is InChI=1S/C20H18F3N5O.2C13H9ClF3N3O.C12H18N2O2.C7H10N2.C6HCl2F3N2O/c21-20(22,23)17-16(18(29)24-11-14-7-3-1-4-8-14)13-25-19(27-17)28-26-12-15-9-5-2-6-10-15;2*14-12-19-7-9(10(20-12)13(15,16)17)11(21)18-6-8-4-2-1-3-5-8;1-12(2,3)16-11(15)14(13)9-10-7-5-4-6-8-10;8-9-6-7-4-2-1-3-5-7;7-4(14)2-1-12-5(8)13-3(2)6(9,10)11/h1-10,13,26H,11-12H2,(H,24,29)(H,25,27,28);2*1-5,7H,6H2,(H,18,21);4-8H,9,13H2,1-3H3;1-5,9H,6,8H2;1H. The first kappa shape index (κ1) is 89.6. The molecule has 0 aliphatic rings. The summed E-state index contributed by atoms with van der Waals surface area (Å²) in [6, 6.07) is 55.3. The monoisotopic (exact) mass is 1620 g/mol. The van der Waals surface area contributed by atoms with Gasteiger partial charge in [0.15, 0.2) is 22.8 Å². The summed E-state index contributed by atoms with van der Waals surface area (Å²) < 4.78 is 159. The Balaban J connectivity index is 0.000000244. The molecule has 0 unspecified atom stereocenters. The number of amides is 4. The topological polar surface area (TPSA) is 325 Å². The zero-order chi connectivity index (χ0) is 81.2. The first-order valence-electron chi connectivity index (χ1n) is 31.5. The van der Waals surface area contributed by atoms with E-state index >= 15 is 0 Å². The molecule has 6 aromatic carbocycles. The second-order valence-corrected chi connectivity index (χ2v) is 24.2. The average Bonchev–Trinajstić information content (AvgIpc) is 0.822. The maximum Gasteiger partial charge on any atom is 0.434 e. The van der Waals surface area contributed by atoms with E-state index in [1.165, 1.54) is 5.56 Å². The number of benzene rings is 6. The van der Waals surface area contributed by atoms with Crippen molar-refractivity contribution < 1.29 is 81.4 Å². The molecule has 10 N–H and O–H groups in total. The number of nitrogens with two attached hydrogens (primary N) is 2. The fourth-order valence-corrected chi connectivity index (χ4v) is 8.89. The number of hydrazine groups is 3. The van der Waals surface area contributed by atoms with Crippen molar-refractivity contribution >= 4 is 81.4 Å². The molecule has 10 rings (SSSR count). The molecule has 10 aromatic rings. The highest BCUT2D eigenvalue weighted by atomic mass is 35.5. The molecule has 0 fully saturated rings. The summed E-state index contributed by atoms with van der Waals surface area (Å²) in [5, 5.41) is 5.28. The lowest BCUT2D eigenvalue weighted by Crippen LogP contribution is -2.40. The van der Waals surface area contributed by atoms with Crippen molar-refractivity contribution in [3.05, 3.63) is 301 Å². The number of hydrogen-bond acceptors (Lipinski definition) is 19. The van der Waals surface area contributed by atoms with Gasteiger partial charge in [-0.05, 0) is 101 Å². The third kappa shape index (κ3) is 32.4. The number of alkyl halides is 12. The molecule has 582 valence electrons. The Labute approximate surface area is 639 Å². The lowest BCUT2D eigenvalue weighted by Gasteiger charge is -2.24. The van der Waals surface area contributed by atoms with Crippen molar-refractivity contribution in [1.29, 1.82) is 0 Å². The highest BCUT2D eigenvalue weighted by Crippen LogP contribution is 2.34. The minimum Gasteiger partial charge on any atom is -0.443 e. The van der Waals surface area contributed by atoms with Gasteiger partial charge < -0.3 is 20.7 Å². The Bertz CT molecular complexity index is 4440. The van der Waals surface area contributed by atoms with Gasteiger partial charge in [-0.15, -0.1) is 0 Å². The predicted octanol–water partition coefficient (Wildman–Crippen LogP) is 15.2. The van der Waals surface area contributed by atoms with Gasteiger partial charge in [-0.2, -0.15) is 52.7 Å². The van der Waals surface area contributed by atoms with E-state index in [1.54, 1.807) is 112 Å². The number of hydrogen-bond donors (Lipinski definition) is 8. The zero-order valence-electron chi connectivity index (χ0n) is 57.5. The van der Waals surface area contributed by atoms with Gasteiger partial charge in [0.25, 0.3) is 23.0 Å². The molecule has 0 saturated heterocycles. The van der Waals surface area contributed by atoms with E-state index in [0.29, 0.717) is 19.3 Å². The third-order valence-corrected chi connectivity index (χ3v) is 14.0. The van der Waals surface area contributed by atoms with Crippen LogP contribution in [0.1, 0.15) is 118 Å². The molecule has 0 bridgehead atoms. The van der Waals surface area contributed by atoms with Crippen molar-refractivity contribution in [3.63, 3.8) is 0 Å². The Morgan fingerprint density at radius 3 is 0.973 bits per heavy atom. The normalized spacial score (nSPS) is 11.1. The van der Waals surface area contributed by atoms with Gasteiger partial charge in [-0.3, -0.25) is 35.9 Å². The van der Waals surface area contributed by atoms with E-state index in [1.807, 2.05) is 91.0 Å². The molecule has 0 atom stereocenters. The number of carbonyl (C=O) groups is 5. The molecule has 0 spiro atoms. The summed E-state index contributed by atoms with van der Waals surface area (Å²) in [4.78, 5) is 84.5. The van der Waals surface area contributed by atoms with Crippen molar-refractivity contribution in [2.45, 2.75) is 90.3 Å². The number of carbonyl (C=O) groups excluding carboxylic acids is 5. The Morgan fingerprint density at radius 2 is 0.673 bits per heavy atom.